The smallest absolute Gasteiger partial charge is 0.318 e. The van der Waals surface area contributed by atoms with Gasteiger partial charge in [-0.3, -0.25) is 0 Å². The maximum absolute atomic E-state index is 11.2. The van der Waals surface area contributed by atoms with Gasteiger partial charge in [-0.2, -0.15) is 5.26 Å². The van der Waals surface area contributed by atoms with Crippen molar-refractivity contribution >= 4 is 17.4 Å². The number of benzene rings is 1. The Morgan fingerprint density at radius 2 is 1.85 bits per heavy atom. The molecule has 5 nitrogen and oxygen atoms in total. The van der Waals surface area contributed by atoms with E-state index in [4.69, 9.17) is 5.26 Å². The molecule has 0 heterocycles. The molecular weight excluding hydrogens is 252 g/mol. The van der Waals surface area contributed by atoms with E-state index in [1.54, 1.807) is 7.05 Å². The molecule has 0 aromatic heterocycles. The Morgan fingerprint density at radius 1 is 1.25 bits per heavy atom. The Kier molecular flexibility index (Phi) is 5.85. The van der Waals surface area contributed by atoms with Crippen LogP contribution in [-0.2, 0) is 0 Å². The number of hydrogen-bond acceptors (Lipinski definition) is 3. The molecule has 0 spiro atoms. The van der Waals surface area contributed by atoms with E-state index in [-0.39, 0.29) is 11.4 Å². The molecule has 0 saturated heterocycles. The minimum Gasteiger partial charge on any atom is -0.385 e. The standard InChI is InChI=1S/C15H22N4O/c1-15(2,9-4-10-16)11-18-12-5-7-13(8-6-12)19-14(20)17-3/h5-8,18H,4,9,11H2,1-3H3,(H2,17,19,20). The topological polar surface area (TPSA) is 77.0 Å². The highest BCUT2D eigenvalue weighted by atomic mass is 16.2. The normalized spacial score (nSPS) is 10.5. The predicted molar refractivity (Wildman–Crippen MR) is 81.6 cm³/mol. The lowest BCUT2D eigenvalue weighted by molar-refractivity contribution is 0.254. The first-order valence-electron chi connectivity index (χ1n) is 6.66. The van der Waals surface area contributed by atoms with Crippen molar-refractivity contribution in [3.63, 3.8) is 0 Å². The van der Waals surface area contributed by atoms with Crippen molar-refractivity contribution in [2.75, 3.05) is 24.2 Å². The van der Waals surface area contributed by atoms with Crippen LogP contribution in [0.2, 0.25) is 0 Å². The van der Waals surface area contributed by atoms with Crippen molar-refractivity contribution < 1.29 is 4.79 Å². The number of nitrogens with zero attached hydrogens (tertiary/aromatic N) is 1. The molecular formula is C15H22N4O. The first-order valence-corrected chi connectivity index (χ1v) is 6.66. The van der Waals surface area contributed by atoms with E-state index < -0.39 is 0 Å². The summed E-state index contributed by atoms with van der Waals surface area (Å²) in [6.45, 7) is 5.08. The van der Waals surface area contributed by atoms with Crippen molar-refractivity contribution in [2.24, 2.45) is 5.41 Å². The molecule has 1 aromatic rings. The highest BCUT2D eigenvalue weighted by molar-refractivity contribution is 5.89. The number of urea groups is 1. The Balaban J connectivity index is 2.49. The number of rotatable bonds is 6. The summed E-state index contributed by atoms with van der Waals surface area (Å²) in [6, 6.07) is 9.48. The number of carbonyl (C=O) groups excluding carboxylic acids is 1. The Hall–Kier alpha value is -2.22. The molecule has 108 valence electrons. The van der Waals surface area contributed by atoms with Gasteiger partial charge in [0.25, 0.3) is 0 Å². The number of nitriles is 1. The van der Waals surface area contributed by atoms with Crippen LogP contribution in [0.4, 0.5) is 16.2 Å². The fourth-order valence-corrected chi connectivity index (χ4v) is 1.69. The third-order valence-electron chi connectivity index (χ3n) is 3.05. The number of hydrogen-bond donors (Lipinski definition) is 3. The maximum atomic E-state index is 11.2. The van der Waals surface area contributed by atoms with E-state index in [1.807, 2.05) is 24.3 Å². The zero-order chi connectivity index (χ0) is 15.0. The molecule has 0 unspecified atom stereocenters. The van der Waals surface area contributed by atoms with E-state index in [9.17, 15) is 4.79 Å². The number of nitrogens with one attached hydrogen (secondary N) is 3. The molecule has 2 amide bonds. The molecule has 0 saturated carbocycles. The molecule has 0 aliphatic heterocycles. The minimum absolute atomic E-state index is 0.0781. The van der Waals surface area contributed by atoms with Crippen molar-refractivity contribution in [3.05, 3.63) is 24.3 Å². The van der Waals surface area contributed by atoms with Gasteiger partial charge in [0, 0.05) is 31.4 Å². The van der Waals surface area contributed by atoms with E-state index in [2.05, 4.69) is 35.9 Å². The van der Waals surface area contributed by atoms with Crippen LogP contribution in [-0.4, -0.2) is 19.6 Å². The van der Waals surface area contributed by atoms with Gasteiger partial charge in [-0.1, -0.05) is 13.8 Å². The second-order valence-electron chi connectivity index (χ2n) is 5.46. The number of anilines is 2. The second-order valence-corrected chi connectivity index (χ2v) is 5.46. The van der Waals surface area contributed by atoms with Crippen LogP contribution >= 0.6 is 0 Å². The zero-order valence-corrected chi connectivity index (χ0v) is 12.3. The van der Waals surface area contributed by atoms with Gasteiger partial charge < -0.3 is 16.0 Å². The van der Waals surface area contributed by atoms with Crippen LogP contribution in [0, 0.1) is 16.7 Å². The van der Waals surface area contributed by atoms with Gasteiger partial charge in [0.05, 0.1) is 6.07 Å². The summed E-state index contributed by atoms with van der Waals surface area (Å²) >= 11 is 0. The van der Waals surface area contributed by atoms with E-state index in [1.165, 1.54) is 0 Å². The van der Waals surface area contributed by atoms with E-state index in [0.29, 0.717) is 6.42 Å². The van der Waals surface area contributed by atoms with Crippen molar-refractivity contribution in [1.29, 1.82) is 5.26 Å². The van der Waals surface area contributed by atoms with E-state index in [0.717, 1.165) is 24.3 Å². The summed E-state index contributed by atoms with van der Waals surface area (Å²) in [5.74, 6) is 0. The van der Waals surface area contributed by atoms with Crippen LogP contribution in [0.5, 0.6) is 0 Å². The maximum Gasteiger partial charge on any atom is 0.318 e. The number of amides is 2. The second kappa shape index (κ2) is 7.39. The zero-order valence-electron chi connectivity index (χ0n) is 12.3. The molecule has 0 aliphatic carbocycles. The van der Waals surface area contributed by atoms with Gasteiger partial charge in [-0.05, 0) is 36.1 Å². The summed E-state index contributed by atoms with van der Waals surface area (Å²) in [6.07, 6.45) is 1.44. The van der Waals surface area contributed by atoms with E-state index >= 15 is 0 Å². The third kappa shape index (κ3) is 5.61. The fraction of sp³-hybridized carbons (Fsp3) is 0.467. The monoisotopic (exact) mass is 274 g/mol. The molecule has 0 radical (unpaired) electrons. The lowest BCUT2D eigenvalue weighted by Gasteiger charge is -2.24. The van der Waals surface area contributed by atoms with Crippen LogP contribution in [0.15, 0.2) is 24.3 Å². The molecule has 5 heteroatoms. The lowest BCUT2D eigenvalue weighted by atomic mass is 9.88. The third-order valence-corrected chi connectivity index (χ3v) is 3.05. The minimum atomic E-state index is -0.233. The summed E-state index contributed by atoms with van der Waals surface area (Å²) in [7, 11) is 1.58. The highest BCUT2D eigenvalue weighted by Gasteiger charge is 2.16. The van der Waals surface area contributed by atoms with Crippen LogP contribution < -0.4 is 16.0 Å². The van der Waals surface area contributed by atoms with Crippen molar-refractivity contribution in [3.8, 4) is 6.07 Å². The van der Waals surface area contributed by atoms with Crippen LogP contribution in [0.25, 0.3) is 0 Å². The Morgan fingerprint density at radius 3 is 2.40 bits per heavy atom. The molecule has 1 aromatic carbocycles. The van der Waals surface area contributed by atoms with Gasteiger partial charge in [-0.25, -0.2) is 4.79 Å². The Bertz CT molecular complexity index is 474. The largest absolute Gasteiger partial charge is 0.385 e. The first-order chi connectivity index (χ1) is 9.46. The molecule has 0 aliphatic rings. The van der Waals surface area contributed by atoms with Gasteiger partial charge in [0.15, 0.2) is 0 Å². The Labute approximate surface area is 120 Å². The van der Waals surface area contributed by atoms with Gasteiger partial charge in [0.2, 0.25) is 0 Å². The quantitative estimate of drug-likeness (QED) is 0.745. The summed E-state index contributed by atoms with van der Waals surface area (Å²) in [4.78, 5) is 11.2. The van der Waals surface area contributed by atoms with Crippen molar-refractivity contribution in [2.45, 2.75) is 26.7 Å². The van der Waals surface area contributed by atoms with Crippen molar-refractivity contribution in [1.82, 2.24) is 5.32 Å². The number of carbonyl (C=O) groups is 1. The summed E-state index contributed by atoms with van der Waals surface area (Å²) < 4.78 is 0. The fourth-order valence-electron chi connectivity index (χ4n) is 1.69. The molecule has 1 rings (SSSR count). The molecule has 20 heavy (non-hydrogen) atoms. The van der Waals surface area contributed by atoms with Gasteiger partial charge in [0.1, 0.15) is 0 Å². The average molecular weight is 274 g/mol. The van der Waals surface area contributed by atoms with Crippen LogP contribution in [0.3, 0.4) is 0 Å². The summed E-state index contributed by atoms with van der Waals surface area (Å²) in [5.41, 5.74) is 1.82. The van der Waals surface area contributed by atoms with Gasteiger partial charge in [-0.15, -0.1) is 0 Å². The molecule has 0 bridgehead atoms. The highest BCUT2D eigenvalue weighted by Crippen LogP contribution is 2.23. The summed E-state index contributed by atoms with van der Waals surface area (Å²) in [5, 5.41) is 17.2. The van der Waals surface area contributed by atoms with Crippen LogP contribution in [0.1, 0.15) is 26.7 Å². The molecule has 0 fully saturated rings. The predicted octanol–water partition coefficient (Wildman–Crippen LogP) is 3.18. The first kappa shape index (κ1) is 15.8. The van der Waals surface area contributed by atoms with Gasteiger partial charge >= 0.3 is 6.03 Å². The average Bonchev–Trinajstić information content (AvgIpc) is 2.44. The SMILES string of the molecule is CNC(=O)Nc1ccc(NCC(C)(C)CCC#N)cc1. The molecule has 0 atom stereocenters. The lowest BCUT2D eigenvalue weighted by Crippen LogP contribution is -2.24. The molecule has 3 N–H and O–H groups in total.